The molecule has 1 aliphatic heterocycles. The number of amides is 1. The third-order valence-electron chi connectivity index (χ3n) is 10.9. The number of carbonyl (C=O) groups excluding carboxylic acids is 1. The molecular weight excluding hydrogens is 926 g/mol. The highest BCUT2D eigenvalue weighted by Crippen LogP contribution is 2.52. The molecule has 1 fully saturated rings. The number of imidazole rings is 1. The van der Waals surface area contributed by atoms with Gasteiger partial charge in [-0.1, -0.05) is 111 Å². The summed E-state index contributed by atoms with van der Waals surface area (Å²) in [6.45, 7) is 18.3. The molecule has 0 aliphatic carbocycles. The van der Waals surface area contributed by atoms with Gasteiger partial charge in [0, 0.05) is 22.7 Å². The van der Waals surface area contributed by atoms with Crippen LogP contribution >= 0.6 is 30.1 Å². The van der Waals surface area contributed by atoms with Crippen LogP contribution < -0.4 is 20.3 Å². The summed E-state index contributed by atoms with van der Waals surface area (Å²) in [5.74, 6) is 0.858. The van der Waals surface area contributed by atoms with Crippen molar-refractivity contribution in [3.8, 4) is 17.6 Å². The minimum Gasteiger partial charge on any atom is -0.497 e. The van der Waals surface area contributed by atoms with Gasteiger partial charge in [0.2, 0.25) is 11.9 Å². The first-order chi connectivity index (χ1) is 32.5. The highest BCUT2D eigenvalue weighted by molar-refractivity contribution is 8.77. The number of hydrogen-bond donors (Lipinski definition) is 2. The largest absolute Gasteiger partial charge is 0.497 e. The summed E-state index contributed by atoms with van der Waals surface area (Å²) >= 11 is 0. The number of fused-ring (bicyclic) bond motifs is 1. The van der Waals surface area contributed by atoms with Crippen molar-refractivity contribution in [2.45, 2.75) is 116 Å². The van der Waals surface area contributed by atoms with Gasteiger partial charge in [-0.2, -0.15) is 10.2 Å². The third kappa shape index (κ3) is 12.6. The van der Waals surface area contributed by atoms with E-state index in [0.717, 1.165) is 16.7 Å². The Bertz CT molecular complexity index is 2440. The number of nitrogens with one attached hydrogen (secondary N) is 2. The van der Waals surface area contributed by atoms with E-state index < -0.39 is 44.2 Å². The van der Waals surface area contributed by atoms with E-state index in [1.54, 1.807) is 54.2 Å². The molecule has 68 heavy (non-hydrogen) atoms. The van der Waals surface area contributed by atoms with Gasteiger partial charge in [-0.25, -0.2) is 9.65 Å². The minimum absolute atomic E-state index is 0.0158. The van der Waals surface area contributed by atoms with Crippen LogP contribution in [-0.4, -0.2) is 98.6 Å². The lowest BCUT2D eigenvalue weighted by molar-refractivity contribution is -0.118. The van der Waals surface area contributed by atoms with Crippen molar-refractivity contribution in [2.75, 3.05) is 38.7 Å². The molecule has 0 saturated carbocycles. The summed E-state index contributed by atoms with van der Waals surface area (Å²) < 4.78 is 50.3. The van der Waals surface area contributed by atoms with Crippen molar-refractivity contribution < 1.29 is 37.5 Å². The van der Waals surface area contributed by atoms with Crippen LogP contribution in [0.1, 0.15) is 91.7 Å². The number of rotatable bonds is 23. The second-order valence-corrected chi connectivity index (χ2v) is 22.4. The van der Waals surface area contributed by atoms with Gasteiger partial charge < -0.3 is 32.7 Å². The number of H-pyrrole nitrogens is 1. The Hall–Kier alpha value is -4.54. The molecule has 0 radical (unpaired) electrons. The molecule has 3 aromatic carbocycles. The van der Waals surface area contributed by atoms with Gasteiger partial charge in [-0.05, 0) is 68.7 Å². The molecule has 2 aromatic heterocycles. The number of methoxy groups -OCH3 is 2. The van der Waals surface area contributed by atoms with Crippen LogP contribution in [0.2, 0.25) is 0 Å². The Morgan fingerprint density at radius 3 is 2.07 bits per heavy atom. The zero-order valence-electron chi connectivity index (χ0n) is 40.6. The van der Waals surface area contributed by atoms with Crippen molar-refractivity contribution in [3.63, 3.8) is 0 Å². The first kappa shape index (κ1) is 52.8. The van der Waals surface area contributed by atoms with Gasteiger partial charge in [-0.3, -0.25) is 24.5 Å². The van der Waals surface area contributed by atoms with Gasteiger partial charge in [0.15, 0.2) is 17.4 Å². The zero-order chi connectivity index (χ0) is 49.2. The molecule has 16 nitrogen and oxygen atoms in total. The van der Waals surface area contributed by atoms with E-state index in [2.05, 4.69) is 74.5 Å². The van der Waals surface area contributed by atoms with E-state index in [9.17, 15) is 14.9 Å². The average Bonchev–Trinajstić information content (AvgIpc) is 3.89. The molecule has 0 bridgehead atoms. The Morgan fingerprint density at radius 2 is 1.53 bits per heavy atom. The van der Waals surface area contributed by atoms with Crippen molar-refractivity contribution in [1.29, 1.82) is 5.26 Å². The molecule has 2 N–H and O–H groups in total. The fraction of sp³-hybridized carbons (Fsp3) is 0.490. The Kier molecular flexibility index (Phi) is 18.5. The van der Waals surface area contributed by atoms with Gasteiger partial charge in [0.1, 0.15) is 41.4 Å². The number of aromatic nitrogens is 4. The summed E-state index contributed by atoms with van der Waals surface area (Å²) in [5.41, 5.74) is 0.919. The highest BCUT2D eigenvalue weighted by atomic mass is 33.1. The zero-order valence-corrected chi connectivity index (χ0v) is 43.2. The fourth-order valence-corrected chi connectivity index (χ4v) is 11.5. The van der Waals surface area contributed by atoms with E-state index in [1.807, 2.05) is 78.9 Å². The van der Waals surface area contributed by atoms with Crippen LogP contribution in [0.15, 0.2) is 90.0 Å². The van der Waals surface area contributed by atoms with Gasteiger partial charge in [0.25, 0.3) is 14.1 Å². The SMILES string of the molecule is COc1ccc(C(OC[C@H]2O[C@@H](n3cnc4c(=O)[nH]c(NC(=O)C(C)C)nc43)[C@H](OCSSC(C)(C)C)[C@@H]2OP(OCCC#N)N(C(C)C)C(C)C)(c2ccccc2)c2ccc(OC)cc2)cc1. The number of anilines is 1. The topological polar surface area (TPSA) is 184 Å². The normalized spacial score (nSPS) is 18.1. The summed E-state index contributed by atoms with van der Waals surface area (Å²) in [7, 11) is 4.63. The second kappa shape index (κ2) is 23.9. The second-order valence-electron chi connectivity index (χ2n) is 17.9. The fourth-order valence-electron chi connectivity index (χ4n) is 7.79. The number of aromatic amines is 1. The lowest BCUT2D eigenvalue weighted by Gasteiger charge is -2.39. The summed E-state index contributed by atoms with van der Waals surface area (Å²) in [5, 5.41) is 12.3. The van der Waals surface area contributed by atoms with Crippen molar-refractivity contribution >= 4 is 53.1 Å². The smallest absolute Gasteiger partial charge is 0.280 e. The quantitative estimate of drug-likeness (QED) is 0.0207. The average molecular weight is 990 g/mol. The molecule has 1 saturated heterocycles. The maximum Gasteiger partial charge on any atom is 0.280 e. The summed E-state index contributed by atoms with van der Waals surface area (Å²) in [4.78, 5) is 38.3. The number of hydrogen-bond acceptors (Lipinski definition) is 15. The van der Waals surface area contributed by atoms with Crippen LogP contribution in [0.25, 0.3) is 11.2 Å². The van der Waals surface area contributed by atoms with Crippen LogP contribution in [0.4, 0.5) is 5.95 Å². The Balaban J connectivity index is 1.54. The van der Waals surface area contributed by atoms with Gasteiger partial charge in [-0.15, -0.1) is 0 Å². The number of benzene rings is 3. The molecule has 366 valence electrons. The predicted molar refractivity (Wildman–Crippen MR) is 269 cm³/mol. The Morgan fingerprint density at radius 1 is 0.926 bits per heavy atom. The van der Waals surface area contributed by atoms with E-state index in [4.69, 9.17) is 37.7 Å². The lowest BCUT2D eigenvalue weighted by atomic mass is 9.80. The van der Waals surface area contributed by atoms with Gasteiger partial charge >= 0.3 is 0 Å². The van der Waals surface area contributed by atoms with E-state index in [-0.39, 0.29) is 71.3 Å². The summed E-state index contributed by atoms with van der Waals surface area (Å²) in [6, 6.07) is 27.7. The Labute approximate surface area is 408 Å². The number of ether oxygens (including phenoxy) is 5. The molecule has 3 heterocycles. The van der Waals surface area contributed by atoms with Crippen LogP contribution in [0, 0.1) is 17.2 Å². The highest BCUT2D eigenvalue weighted by Gasteiger charge is 2.52. The summed E-state index contributed by atoms with van der Waals surface area (Å²) in [6.07, 6.45) is -1.96. The van der Waals surface area contributed by atoms with E-state index in [0.29, 0.717) is 11.5 Å². The first-order valence-corrected chi connectivity index (χ1v) is 26.0. The lowest BCUT2D eigenvalue weighted by Crippen LogP contribution is -2.43. The van der Waals surface area contributed by atoms with Gasteiger partial charge in [0.05, 0.1) is 46.3 Å². The number of carbonyl (C=O) groups is 1. The van der Waals surface area contributed by atoms with Crippen molar-refractivity contribution in [3.05, 3.63) is 112 Å². The van der Waals surface area contributed by atoms with Crippen molar-refractivity contribution in [1.82, 2.24) is 24.2 Å². The molecule has 1 amide bonds. The molecule has 6 rings (SSSR count). The molecule has 0 spiro atoms. The van der Waals surface area contributed by atoms with Crippen molar-refractivity contribution in [2.24, 2.45) is 5.92 Å². The third-order valence-corrected chi connectivity index (χ3v) is 16.0. The molecular formula is C49H64N7O9PS2. The minimum atomic E-state index is -1.85. The first-order valence-electron chi connectivity index (χ1n) is 22.6. The molecule has 5 aromatic rings. The standard InChI is InChI=1S/C49H64N7O9PS2/c1-31(2)44(57)53-47-52-43-40(45(58)54-47)51-29-55(43)46-42(61-30-67-68-48(7,8)9)41(65-66(63-27-15-26-50)56(32(3)4)33(5)6)39(64-46)28-62-49(34-16-13-12-14-17-34,35-18-22-37(59-10)23-19-35)36-20-24-38(60-11)25-21-36/h12-14,16-25,29,31-33,39,41-42,46H,15,27-28,30H2,1-11H3,(H2,52,53,54,57,58)/t39-,41-,42-,46-,66?/m1/s1. The van der Waals surface area contributed by atoms with E-state index in [1.165, 1.54) is 6.33 Å². The number of nitrogens with zero attached hydrogens (tertiary/aromatic N) is 5. The molecule has 1 unspecified atom stereocenters. The van der Waals surface area contributed by atoms with Crippen LogP contribution in [0.3, 0.4) is 0 Å². The monoisotopic (exact) mass is 989 g/mol. The predicted octanol–water partition coefficient (Wildman–Crippen LogP) is 9.82. The molecule has 1 aliphatic rings. The molecule has 5 atom stereocenters. The van der Waals surface area contributed by atoms with Crippen LogP contribution in [0.5, 0.6) is 11.5 Å². The molecule has 19 heteroatoms. The number of nitriles is 1. The van der Waals surface area contributed by atoms with E-state index >= 15 is 0 Å². The maximum atomic E-state index is 13.6. The maximum absolute atomic E-state index is 13.6. The van der Waals surface area contributed by atoms with Crippen LogP contribution in [-0.2, 0) is 33.7 Å².